The molecule has 2 rings (SSSR count). The van der Waals surface area contributed by atoms with Crippen molar-refractivity contribution in [3.63, 3.8) is 0 Å². The van der Waals surface area contributed by atoms with Gasteiger partial charge in [-0.2, -0.15) is 0 Å². The van der Waals surface area contributed by atoms with Gasteiger partial charge in [-0.15, -0.1) is 12.4 Å². The summed E-state index contributed by atoms with van der Waals surface area (Å²) in [5.74, 6) is 0.0689. The van der Waals surface area contributed by atoms with Gasteiger partial charge in [-0.1, -0.05) is 12.1 Å². The molecule has 1 saturated heterocycles. The number of halogens is 1. The van der Waals surface area contributed by atoms with Crippen LogP contribution in [0.5, 0.6) is 5.75 Å². The highest BCUT2D eigenvalue weighted by Gasteiger charge is 2.34. The van der Waals surface area contributed by atoms with E-state index in [1.807, 2.05) is 6.92 Å². The molecule has 0 aromatic heterocycles. The minimum Gasteiger partial charge on any atom is -0.506 e. The number of para-hydroxylation sites is 2. The summed E-state index contributed by atoms with van der Waals surface area (Å²) in [6.07, 6.45) is 1.88. The van der Waals surface area contributed by atoms with Gasteiger partial charge in [-0.05, 0) is 38.4 Å². The molecular weight excluding hydrogens is 252 g/mol. The summed E-state index contributed by atoms with van der Waals surface area (Å²) >= 11 is 0. The van der Waals surface area contributed by atoms with Crippen molar-refractivity contribution < 1.29 is 9.90 Å². The van der Waals surface area contributed by atoms with Crippen molar-refractivity contribution in [1.82, 2.24) is 5.32 Å². The number of amides is 1. The second-order valence-corrected chi connectivity index (χ2v) is 4.81. The van der Waals surface area contributed by atoms with Gasteiger partial charge in [0.25, 0.3) is 0 Å². The van der Waals surface area contributed by atoms with Crippen molar-refractivity contribution in [2.75, 3.05) is 18.4 Å². The standard InChI is InChI=1S/C13H18N2O2.ClH/c1-13(7-4-8-14-9-13)12(17)15-10-5-2-3-6-11(10)16;/h2-3,5-6,14,16H,4,7-9H2,1H3,(H,15,17);1H. The third-order valence-electron chi connectivity index (χ3n) is 3.30. The van der Waals surface area contributed by atoms with Crippen LogP contribution in [0.2, 0.25) is 0 Å². The first-order valence-corrected chi connectivity index (χ1v) is 5.92. The van der Waals surface area contributed by atoms with E-state index in [9.17, 15) is 9.90 Å². The molecule has 1 heterocycles. The molecule has 0 spiro atoms. The fourth-order valence-electron chi connectivity index (χ4n) is 2.10. The first-order valence-electron chi connectivity index (χ1n) is 5.92. The third-order valence-corrected chi connectivity index (χ3v) is 3.30. The Hall–Kier alpha value is -1.26. The SMILES string of the molecule is CC1(C(=O)Nc2ccccc2O)CCCNC1.Cl. The predicted molar refractivity (Wildman–Crippen MR) is 74.2 cm³/mol. The number of benzene rings is 1. The monoisotopic (exact) mass is 270 g/mol. The Labute approximate surface area is 113 Å². The fraction of sp³-hybridized carbons (Fsp3) is 0.462. The van der Waals surface area contributed by atoms with Gasteiger partial charge in [0, 0.05) is 6.54 Å². The molecule has 100 valence electrons. The first kappa shape index (κ1) is 14.8. The minimum absolute atomic E-state index is 0. The Kier molecular flexibility index (Phi) is 4.99. The van der Waals surface area contributed by atoms with E-state index in [1.54, 1.807) is 24.3 Å². The van der Waals surface area contributed by atoms with Crippen LogP contribution in [-0.4, -0.2) is 24.1 Å². The van der Waals surface area contributed by atoms with E-state index < -0.39 is 0 Å². The molecule has 1 aliphatic rings. The highest BCUT2D eigenvalue weighted by Crippen LogP contribution is 2.29. The van der Waals surface area contributed by atoms with Crippen molar-refractivity contribution in [3.05, 3.63) is 24.3 Å². The summed E-state index contributed by atoms with van der Waals surface area (Å²) in [6.45, 7) is 3.61. The molecule has 18 heavy (non-hydrogen) atoms. The van der Waals surface area contributed by atoms with Crippen LogP contribution in [0.3, 0.4) is 0 Å². The lowest BCUT2D eigenvalue weighted by Gasteiger charge is -2.32. The van der Waals surface area contributed by atoms with E-state index in [1.165, 1.54) is 0 Å². The van der Waals surface area contributed by atoms with E-state index in [0.29, 0.717) is 12.2 Å². The first-order chi connectivity index (χ1) is 8.12. The van der Waals surface area contributed by atoms with Crippen LogP contribution in [0.4, 0.5) is 5.69 Å². The number of carbonyl (C=O) groups is 1. The molecule has 1 aromatic carbocycles. The largest absolute Gasteiger partial charge is 0.506 e. The Morgan fingerprint density at radius 2 is 2.17 bits per heavy atom. The molecule has 1 fully saturated rings. The van der Waals surface area contributed by atoms with Crippen LogP contribution in [0.25, 0.3) is 0 Å². The fourth-order valence-corrected chi connectivity index (χ4v) is 2.10. The maximum absolute atomic E-state index is 12.2. The van der Waals surface area contributed by atoms with Crippen LogP contribution in [-0.2, 0) is 4.79 Å². The number of nitrogens with one attached hydrogen (secondary N) is 2. The van der Waals surface area contributed by atoms with Crippen LogP contribution < -0.4 is 10.6 Å². The average Bonchev–Trinajstić information content (AvgIpc) is 2.33. The topological polar surface area (TPSA) is 61.4 Å². The molecular formula is C13H19ClN2O2. The minimum atomic E-state index is -0.388. The summed E-state index contributed by atoms with van der Waals surface area (Å²) in [5.41, 5.74) is 0.0878. The highest BCUT2D eigenvalue weighted by molar-refractivity contribution is 5.96. The van der Waals surface area contributed by atoms with E-state index in [0.717, 1.165) is 19.4 Å². The molecule has 0 bridgehead atoms. The molecule has 5 heteroatoms. The molecule has 1 unspecified atom stereocenters. The summed E-state index contributed by atoms with van der Waals surface area (Å²) in [5, 5.41) is 15.6. The third kappa shape index (κ3) is 3.15. The lowest BCUT2D eigenvalue weighted by Crippen LogP contribution is -2.46. The summed E-state index contributed by atoms with van der Waals surface area (Å²) in [4.78, 5) is 12.2. The van der Waals surface area contributed by atoms with Crippen molar-refractivity contribution in [2.45, 2.75) is 19.8 Å². The van der Waals surface area contributed by atoms with Crippen LogP contribution >= 0.6 is 12.4 Å². The summed E-state index contributed by atoms with van der Waals surface area (Å²) in [6, 6.07) is 6.79. The van der Waals surface area contributed by atoms with Gasteiger partial charge in [0.05, 0.1) is 11.1 Å². The zero-order chi connectivity index (χ0) is 12.3. The normalized spacial score (nSPS) is 22.9. The number of hydrogen-bond acceptors (Lipinski definition) is 3. The Morgan fingerprint density at radius 3 is 2.78 bits per heavy atom. The number of aromatic hydroxyl groups is 1. The van der Waals surface area contributed by atoms with E-state index >= 15 is 0 Å². The van der Waals surface area contributed by atoms with Crippen molar-refractivity contribution in [2.24, 2.45) is 5.41 Å². The molecule has 1 atom stereocenters. The van der Waals surface area contributed by atoms with Gasteiger partial charge in [0.1, 0.15) is 5.75 Å². The second kappa shape index (κ2) is 6.07. The van der Waals surface area contributed by atoms with Crippen LogP contribution in [0.15, 0.2) is 24.3 Å². The number of piperidine rings is 1. The second-order valence-electron chi connectivity index (χ2n) is 4.81. The highest BCUT2D eigenvalue weighted by atomic mass is 35.5. The van der Waals surface area contributed by atoms with Gasteiger partial charge in [0.2, 0.25) is 5.91 Å². The number of anilines is 1. The van der Waals surface area contributed by atoms with Crippen molar-refractivity contribution in [1.29, 1.82) is 0 Å². The van der Waals surface area contributed by atoms with E-state index in [2.05, 4.69) is 10.6 Å². The Balaban J connectivity index is 0.00000162. The van der Waals surface area contributed by atoms with Gasteiger partial charge < -0.3 is 15.7 Å². The zero-order valence-electron chi connectivity index (χ0n) is 10.4. The van der Waals surface area contributed by atoms with Crippen molar-refractivity contribution >= 4 is 24.0 Å². The number of carbonyl (C=O) groups excluding carboxylic acids is 1. The van der Waals surface area contributed by atoms with Gasteiger partial charge in [0.15, 0.2) is 0 Å². The van der Waals surface area contributed by atoms with E-state index in [-0.39, 0.29) is 29.5 Å². The zero-order valence-corrected chi connectivity index (χ0v) is 11.2. The average molecular weight is 271 g/mol. The molecule has 0 radical (unpaired) electrons. The molecule has 3 N–H and O–H groups in total. The van der Waals surface area contributed by atoms with Gasteiger partial charge >= 0.3 is 0 Å². The van der Waals surface area contributed by atoms with Crippen LogP contribution in [0, 0.1) is 5.41 Å². The maximum Gasteiger partial charge on any atom is 0.231 e. The number of phenolic OH excluding ortho intramolecular Hbond substituents is 1. The molecule has 1 amide bonds. The smallest absolute Gasteiger partial charge is 0.231 e. The quantitative estimate of drug-likeness (QED) is 0.722. The van der Waals surface area contributed by atoms with Crippen molar-refractivity contribution in [3.8, 4) is 5.75 Å². The molecule has 1 aliphatic heterocycles. The Morgan fingerprint density at radius 1 is 1.44 bits per heavy atom. The number of phenols is 1. The molecule has 0 saturated carbocycles. The number of rotatable bonds is 2. The van der Waals surface area contributed by atoms with E-state index in [4.69, 9.17) is 0 Å². The lowest BCUT2D eigenvalue weighted by molar-refractivity contribution is -0.125. The summed E-state index contributed by atoms with van der Waals surface area (Å²) in [7, 11) is 0. The van der Waals surface area contributed by atoms with Gasteiger partial charge in [-0.3, -0.25) is 4.79 Å². The molecule has 4 nitrogen and oxygen atoms in total. The van der Waals surface area contributed by atoms with Gasteiger partial charge in [-0.25, -0.2) is 0 Å². The molecule has 0 aliphatic carbocycles. The lowest BCUT2D eigenvalue weighted by atomic mass is 9.82. The maximum atomic E-state index is 12.2. The molecule has 1 aromatic rings. The van der Waals surface area contributed by atoms with Crippen LogP contribution in [0.1, 0.15) is 19.8 Å². The Bertz CT molecular complexity index is 417. The summed E-state index contributed by atoms with van der Waals surface area (Å²) < 4.78 is 0. The number of hydrogen-bond donors (Lipinski definition) is 3. The predicted octanol–water partition coefficient (Wildman–Crippen LogP) is 2.14.